The van der Waals surface area contributed by atoms with E-state index in [0.29, 0.717) is 32.4 Å². The molecule has 0 unspecified atom stereocenters. The summed E-state index contributed by atoms with van der Waals surface area (Å²) in [4.78, 5) is 14.2. The van der Waals surface area contributed by atoms with Gasteiger partial charge in [-0.05, 0) is 67.5 Å². The number of nitrogens with zero attached hydrogens (tertiary/aromatic N) is 1. The molecule has 1 saturated heterocycles. The van der Waals surface area contributed by atoms with E-state index in [-0.39, 0.29) is 17.6 Å². The molecule has 3 aromatic rings. The molecule has 1 amide bonds. The lowest BCUT2D eigenvalue weighted by Gasteiger charge is -2.30. The third-order valence-electron chi connectivity index (χ3n) is 6.63. The van der Waals surface area contributed by atoms with Crippen LogP contribution in [0.3, 0.4) is 0 Å². The quantitative estimate of drug-likeness (QED) is 0.337. The summed E-state index contributed by atoms with van der Waals surface area (Å²) in [5.74, 6) is 0.823. The second-order valence-electron chi connectivity index (χ2n) is 9.32. The first-order valence-electron chi connectivity index (χ1n) is 12.5. The molecule has 0 radical (unpaired) electrons. The first-order valence-corrected chi connectivity index (χ1v) is 15.1. The van der Waals surface area contributed by atoms with Crippen molar-refractivity contribution in [2.24, 2.45) is 5.92 Å². The Labute approximate surface area is 219 Å². The minimum absolute atomic E-state index is 0.0226. The fraction of sp³-hybridized carbons (Fsp3) is 0.345. The minimum atomic E-state index is -3.30. The fourth-order valence-corrected chi connectivity index (χ4v) is 6.90. The number of carbonyl (C=O) groups excluding carboxylic acids is 1. The first-order chi connectivity index (χ1) is 17.4. The summed E-state index contributed by atoms with van der Waals surface area (Å²) >= 11 is 1.79. The van der Waals surface area contributed by atoms with Gasteiger partial charge in [0.05, 0.1) is 5.75 Å². The molecule has 0 atom stereocenters. The zero-order valence-corrected chi connectivity index (χ0v) is 22.4. The van der Waals surface area contributed by atoms with Gasteiger partial charge in [0.25, 0.3) is 0 Å². The second-order valence-corrected chi connectivity index (χ2v) is 12.5. The highest BCUT2D eigenvalue weighted by molar-refractivity contribution is 7.98. The largest absolute Gasteiger partial charge is 0.326 e. The van der Waals surface area contributed by atoms with Crippen molar-refractivity contribution < 1.29 is 13.2 Å². The van der Waals surface area contributed by atoms with Gasteiger partial charge in [-0.15, -0.1) is 11.8 Å². The van der Waals surface area contributed by atoms with Crippen molar-refractivity contribution in [1.29, 1.82) is 0 Å². The highest BCUT2D eigenvalue weighted by Crippen LogP contribution is 2.27. The van der Waals surface area contributed by atoms with Crippen LogP contribution in [0.15, 0.2) is 83.8 Å². The van der Waals surface area contributed by atoms with Gasteiger partial charge in [-0.25, -0.2) is 12.7 Å². The number of carbonyl (C=O) groups is 1. The number of sulfonamides is 1. The van der Waals surface area contributed by atoms with E-state index in [4.69, 9.17) is 0 Å². The van der Waals surface area contributed by atoms with Crippen LogP contribution < -0.4 is 5.32 Å². The monoisotopic (exact) mass is 522 g/mol. The molecule has 0 aromatic heterocycles. The highest BCUT2D eigenvalue weighted by atomic mass is 32.2. The molecule has 5 nitrogen and oxygen atoms in total. The number of thioether (sulfide) groups is 1. The summed E-state index contributed by atoms with van der Waals surface area (Å²) in [6.45, 7) is 2.82. The standard InChI is InChI=1S/C29H34N2O3S2/c1-23-21-25(22-35-27-12-6-3-7-13-27)14-15-28(23)30-29(32)26-16-18-31(19-17-26)36(33,34)20-8-11-24-9-4-2-5-10-24/h2-7,9-10,12-15,21,26H,8,11,16-20,22H2,1H3,(H,30,32). The van der Waals surface area contributed by atoms with Gasteiger partial charge in [-0.1, -0.05) is 60.7 Å². The fourth-order valence-electron chi connectivity index (χ4n) is 4.50. The second kappa shape index (κ2) is 12.6. The van der Waals surface area contributed by atoms with Crippen LogP contribution in [0, 0.1) is 12.8 Å². The lowest BCUT2D eigenvalue weighted by atomic mass is 9.97. The van der Waals surface area contributed by atoms with Gasteiger partial charge in [0.2, 0.25) is 15.9 Å². The van der Waals surface area contributed by atoms with Crippen molar-refractivity contribution in [3.05, 3.63) is 95.6 Å². The highest BCUT2D eigenvalue weighted by Gasteiger charge is 2.31. The van der Waals surface area contributed by atoms with Gasteiger partial charge in [-0.2, -0.15) is 0 Å². The van der Waals surface area contributed by atoms with E-state index in [2.05, 4.69) is 29.6 Å². The Morgan fingerprint density at radius 3 is 2.28 bits per heavy atom. The summed E-state index contributed by atoms with van der Waals surface area (Å²) < 4.78 is 27.1. The summed E-state index contributed by atoms with van der Waals surface area (Å²) in [5, 5.41) is 3.07. The smallest absolute Gasteiger partial charge is 0.227 e. The number of piperidine rings is 1. The lowest BCUT2D eigenvalue weighted by molar-refractivity contribution is -0.120. The number of nitrogens with one attached hydrogen (secondary N) is 1. The first kappa shape index (κ1) is 26.5. The van der Waals surface area contributed by atoms with E-state index in [0.717, 1.165) is 29.0 Å². The maximum absolute atomic E-state index is 12.9. The van der Waals surface area contributed by atoms with Crippen LogP contribution in [0.4, 0.5) is 5.69 Å². The molecule has 7 heteroatoms. The van der Waals surface area contributed by atoms with Crippen molar-refractivity contribution in [3.8, 4) is 0 Å². The molecule has 4 rings (SSSR count). The maximum Gasteiger partial charge on any atom is 0.227 e. The third-order valence-corrected chi connectivity index (χ3v) is 9.67. The molecule has 0 saturated carbocycles. The van der Waals surface area contributed by atoms with E-state index in [1.807, 2.05) is 61.5 Å². The van der Waals surface area contributed by atoms with E-state index >= 15 is 0 Å². The van der Waals surface area contributed by atoms with E-state index in [1.54, 1.807) is 16.1 Å². The molecular formula is C29H34N2O3S2. The summed E-state index contributed by atoms with van der Waals surface area (Å²) in [6, 6.07) is 26.4. The van der Waals surface area contributed by atoms with Crippen molar-refractivity contribution in [2.75, 3.05) is 24.2 Å². The van der Waals surface area contributed by atoms with Crippen LogP contribution in [0.2, 0.25) is 0 Å². The van der Waals surface area contributed by atoms with E-state index in [9.17, 15) is 13.2 Å². The molecule has 1 fully saturated rings. The van der Waals surface area contributed by atoms with E-state index < -0.39 is 10.0 Å². The normalized spacial score (nSPS) is 15.0. The topological polar surface area (TPSA) is 66.5 Å². The predicted molar refractivity (Wildman–Crippen MR) is 149 cm³/mol. The number of benzene rings is 3. The molecule has 0 bridgehead atoms. The van der Waals surface area contributed by atoms with Crippen molar-refractivity contribution in [1.82, 2.24) is 4.31 Å². The van der Waals surface area contributed by atoms with Crippen molar-refractivity contribution in [3.63, 3.8) is 0 Å². The Morgan fingerprint density at radius 2 is 1.61 bits per heavy atom. The van der Waals surface area contributed by atoms with Crippen molar-refractivity contribution >= 4 is 33.4 Å². The maximum atomic E-state index is 12.9. The molecule has 1 aliphatic heterocycles. The van der Waals surface area contributed by atoms with Gasteiger partial charge < -0.3 is 5.32 Å². The zero-order chi connectivity index (χ0) is 25.4. The molecule has 1 N–H and O–H groups in total. The number of rotatable bonds is 10. The Kier molecular flexibility index (Phi) is 9.24. The number of hydrogen-bond acceptors (Lipinski definition) is 4. The van der Waals surface area contributed by atoms with Crippen LogP contribution in [0.1, 0.15) is 36.0 Å². The van der Waals surface area contributed by atoms with Gasteiger partial charge in [-0.3, -0.25) is 4.79 Å². The summed E-state index contributed by atoms with van der Waals surface area (Å²) in [6.07, 6.45) is 2.46. The molecule has 190 valence electrons. The van der Waals surface area contributed by atoms with Gasteiger partial charge in [0, 0.05) is 35.3 Å². The molecule has 36 heavy (non-hydrogen) atoms. The zero-order valence-electron chi connectivity index (χ0n) is 20.7. The van der Waals surface area contributed by atoms with E-state index in [1.165, 1.54) is 10.5 Å². The predicted octanol–water partition coefficient (Wildman–Crippen LogP) is 5.90. The van der Waals surface area contributed by atoms with Crippen LogP contribution >= 0.6 is 11.8 Å². The number of aryl methyl sites for hydroxylation is 2. The van der Waals surface area contributed by atoms with Crippen LogP contribution in [0.25, 0.3) is 0 Å². The van der Waals surface area contributed by atoms with Gasteiger partial charge >= 0.3 is 0 Å². The van der Waals surface area contributed by atoms with Gasteiger partial charge in [0.1, 0.15) is 0 Å². The van der Waals surface area contributed by atoms with Crippen LogP contribution in [-0.4, -0.2) is 37.5 Å². The average molecular weight is 523 g/mol. The molecule has 0 spiro atoms. The SMILES string of the molecule is Cc1cc(CSc2ccccc2)ccc1NC(=O)C1CCN(S(=O)(=O)CCCc2ccccc2)CC1. The Balaban J connectivity index is 1.23. The third kappa shape index (κ3) is 7.45. The summed E-state index contributed by atoms with van der Waals surface area (Å²) in [7, 11) is -3.30. The minimum Gasteiger partial charge on any atom is -0.326 e. The Morgan fingerprint density at radius 1 is 0.944 bits per heavy atom. The number of amides is 1. The number of hydrogen-bond donors (Lipinski definition) is 1. The van der Waals surface area contributed by atoms with Crippen LogP contribution in [0.5, 0.6) is 0 Å². The summed E-state index contributed by atoms with van der Waals surface area (Å²) in [5.41, 5.74) is 4.23. The Bertz CT molecular complexity index is 1240. The van der Waals surface area contributed by atoms with Gasteiger partial charge in [0.15, 0.2) is 0 Å². The van der Waals surface area contributed by atoms with Crippen molar-refractivity contribution in [2.45, 2.75) is 43.3 Å². The average Bonchev–Trinajstić information content (AvgIpc) is 2.90. The molecule has 3 aromatic carbocycles. The molecule has 1 aliphatic rings. The molecule has 0 aliphatic carbocycles. The number of anilines is 1. The Hall–Kier alpha value is -2.61. The molecular weight excluding hydrogens is 488 g/mol. The molecule has 1 heterocycles. The lowest BCUT2D eigenvalue weighted by Crippen LogP contribution is -2.42. The van der Waals surface area contributed by atoms with Crippen LogP contribution in [-0.2, 0) is 27.0 Å².